The van der Waals surface area contributed by atoms with E-state index in [1.807, 2.05) is 0 Å². The molecule has 1 rings (SSSR count). The topological polar surface area (TPSA) is 18.5 Å². The highest BCUT2D eigenvalue weighted by atomic mass is 16.7. The number of hydrogen-bond acceptors (Lipinski definition) is 2. The summed E-state index contributed by atoms with van der Waals surface area (Å²) in [7, 11) is 3.29. The fourth-order valence-corrected chi connectivity index (χ4v) is 1.51. The molecule has 0 N–H and O–H groups in total. The van der Waals surface area contributed by atoms with Gasteiger partial charge in [0.25, 0.3) is 0 Å². The van der Waals surface area contributed by atoms with Gasteiger partial charge in [0.1, 0.15) is 0 Å². The highest BCUT2D eigenvalue weighted by Gasteiger charge is 2.14. The van der Waals surface area contributed by atoms with E-state index in [-0.39, 0.29) is 11.7 Å². The van der Waals surface area contributed by atoms with E-state index in [9.17, 15) is 0 Å². The van der Waals surface area contributed by atoms with E-state index in [1.165, 1.54) is 5.56 Å². The van der Waals surface area contributed by atoms with Gasteiger partial charge < -0.3 is 9.47 Å². The molecule has 0 aliphatic heterocycles. The Morgan fingerprint density at radius 2 is 1.40 bits per heavy atom. The van der Waals surface area contributed by atoms with E-state index in [4.69, 9.17) is 9.47 Å². The highest BCUT2D eigenvalue weighted by molar-refractivity contribution is 5.28. The molecule has 0 unspecified atom stereocenters. The molecule has 0 aliphatic rings. The van der Waals surface area contributed by atoms with Crippen LogP contribution in [0.25, 0.3) is 0 Å². The summed E-state index contributed by atoms with van der Waals surface area (Å²) >= 11 is 0. The Bertz CT molecular complexity index is 291. The zero-order chi connectivity index (χ0) is 11.5. The molecule has 2 nitrogen and oxygen atoms in total. The first-order valence-corrected chi connectivity index (χ1v) is 5.15. The fraction of sp³-hybridized carbons (Fsp3) is 0.538. The number of rotatable bonds is 3. The Morgan fingerprint density at radius 1 is 0.933 bits per heavy atom. The molecule has 15 heavy (non-hydrogen) atoms. The SMILES string of the molecule is COC(OC)c1ccc(C(C)(C)C)cc1. The van der Waals surface area contributed by atoms with Crippen molar-refractivity contribution in [3.8, 4) is 0 Å². The van der Waals surface area contributed by atoms with Gasteiger partial charge in [-0.1, -0.05) is 45.0 Å². The van der Waals surface area contributed by atoms with E-state index in [0.29, 0.717) is 0 Å². The highest BCUT2D eigenvalue weighted by Crippen LogP contribution is 2.24. The fourth-order valence-electron chi connectivity index (χ4n) is 1.51. The second-order valence-electron chi connectivity index (χ2n) is 4.68. The standard InChI is InChI=1S/C13H20O2/c1-13(2,3)11-8-6-10(7-9-11)12(14-4)15-5/h6-9,12H,1-5H3. The quantitative estimate of drug-likeness (QED) is 0.710. The van der Waals surface area contributed by atoms with E-state index in [1.54, 1.807) is 14.2 Å². The van der Waals surface area contributed by atoms with Crippen LogP contribution in [0.5, 0.6) is 0 Å². The molecule has 1 aromatic rings. The summed E-state index contributed by atoms with van der Waals surface area (Å²) in [6.07, 6.45) is -0.265. The van der Waals surface area contributed by atoms with Crippen molar-refractivity contribution >= 4 is 0 Å². The van der Waals surface area contributed by atoms with Crippen molar-refractivity contribution in [1.82, 2.24) is 0 Å². The molecule has 0 amide bonds. The van der Waals surface area contributed by atoms with E-state index in [2.05, 4.69) is 45.0 Å². The van der Waals surface area contributed by atoms with Gasteiger partial charge in [-0.05, 0) is 11.0 Å². The van der Waals surface area contributed by atoms with Gasteiger partial charge in [-0.25, -0.2) is 0 Å². The normalized spacial score (nSPS) is 12.1. The van der Waals surface area contributed by atoms with Crippen LogP contribution in [0.1, 0.15) is 38.2 Å². The van der Waals surface area contributed by atoms with Crippen molar-refractivity contribution in [3.63, 3.8) is 0 Å². The van der Waals surface area contributed by atoms with Crippen molar-refractivity contribution in [3.05, 3.63) is 35.4 Å². The van der Waals surface area contributed by atoms with Crippen LogP contribution in [0.4, 0.5) is 0 Å². The lowest BCUT2D eigenvalue weighted by atomic mass is 9.87. The minimum absolute atomic E-state index is 0.189. The zero-order valence-corrected chi connectivity index (χ0v) is 10.2. The molecule has 84 valence electrons. The summed E-state index contributed by atoms with van der Waals surface area (Å²) < 4.78 is 10.4. The molecule has 0 aliphatic carbocycles. The smallest absolute Gasteiger partial charge is 0.183 e. The average molecular weight is 208 g/mol. The summed E-state index contributed by atoms with van der Waals surface area (Å²) in [6.45, 7) is 6.60. The molecule has 0 bridgehead atoms. The molecule has 2 heteroatoms. The zero-order valence-electron chi connectivity index (χ0n) is 10.2. The van der Waals surface area contributed by atoms with Crippen molar-refractivity contribution in [1.29, 1.82) is 0 Å². The molecular formula is C13H20O2. The summed E-state index contributed by atoms with van der Waals surface area (Å²) in [5.74, 6) is 0. The Morgan fingerprint density at radius 3 is 1.73 bits per heavy atom. The van der Waals surface area contributed by atoms with Gasteiger partial charge in [0.2, 0.25) is 0 Å². The Kier molecular flexibility index (Phi) is 3.89. The summed E-state index contributed by atoms with van der Waals surface area (Å²) in [5.41, 5.74) is 2.55. The van der Waals surface area contributed by atoms with Crippen LogP contribution in [0, 0.1) is 0 Å². The van der Waals surface area contributed by atoms with Crippen LogP contribution in [-0.2, 0) is 14.9 Å². The number of ether oxygens (including phenoxy) is 2. The van der Waals surface area contributed by atoms with Gasteiger partial charge in [0.05, 0.1) is 0 Å². The Balaban J connectivity index is 2.89. The molecule has 0 fully saturated rings. The maximum atomic E-state index is 5.19. The molecular weight excluding hydrogens is 188 g/mol. The Labute approximate surface area is 92.2 Å². The molecule has 0 aromatic heterocycles. The molecule has 0 spiro atoms. The van der Waals surface area contributed by atoms with E-state index < -0.39 is 0 Å². The second kappa shape index (κ2) is 4.77. The minimum atomic E-state index is -0.265. The first kappa shape index (κ1) is 12.2. The van der Waals surface area contributed by atoms with E-state index in [0.717, 1.165) is 5.56 Å². The number of methoxy groups -OCH3 is 2. The molecule has 0 radical (unpaired) electrons. The average Bonchev–Trinajstić information content (AvgIpc) is 2.19. The second-order valence-corrected chi connectivity index (χ2v) is 4.68. The minimum Gasteiger partial charge on any atom is -0.352 e. The lowest BCUT2D eigenvalue weighted by Crippen LogP contribution is -2.11. The van der Waals surface area contributed by atoms with Crippen molar-refractivity contribution in [2.24, 2.45) is 0 Å². The predicted molar refractivity (Wildman–Crippen MR) is 61.9 cm³/mol. The van der Waals surface area contributed by atoms with Crippen LogP contribution in [0.3, 0.4) is 0 Å². The lowest BCUT2D eigenvalue weighted by molar-refractivity contribution is -0.106. The van der Waals surface area contributed by atoms with Crippen molar-refractivity contribution in [2.75, 3.05) is 14.2 Å². The van der Waals surface area contributed by atoms with Crippen LogP contribution in [0.15, 0.2) is 24.3 Å². The van der Waals surface area contributed by atoms with Crippen molar-refractivity contribution in [2.45, 2.75) is 32.5 Å². The molecule has 0 atom stereocenters. The summed E-state index contributed by atoms with van der Waals surface area (Å²) in [6, 6.07) is 8.36. The number of hydrogen-bond donors (Lipinski definition) is 0. The van der Waals surface area contributed by atoms with Gasteiger partial charge >= 0.3 is 0 Å². The van der Waals surface area contributed by atoms with Gasteiger partial charge in [-0.15, -0.1) is 0 Å². The maximum absolute atomic E-state index is 5.19. The largest absolute Gasteiger partial charge is 0.352 e. The van der Waals surface area contributed by atoms with Crippen molar-refractivity contribution < 1.29 is 9.47 Å². The number of benzene rings is 1. The van der Waals surface area contributed by atoms with Gasteiger partial charge in [0.15, 0.2) is 6.29 Å². The Hall–Kier alpha value is -0.860. The third-order valence-electron chi connectivity index (χ3n) is 2.48. The molecule has 0 saturated carbocycles. The van der Waals surface area contributed by atoms with Crippen LogP contribution < -0.4 is 0 Å². The monoisotopic (exact) mass is 208 g/mol. The summed E-state index contributed by atoms with van der Waals surface area (Å²) in [4.78, 5) is 0. The predicted octanol–water partition coefficient (Wildman–Crippen LogP) is 3.28. The first-order valence-electron chi connectivity index (χ1n) is 5.15. The molecule has 0 saturated heterocycles. The van der Waals surface area contributed by atoms with Crippen LogP contribution in [0.2, 0.25) is 0 Å². The maximum Gasteiger partial charge on any atom is 0.183 e. The third kappa shape index (κ3) is 3.05. The first-order chi connectivity index (χ1) is 6.99. The van der Waals surface area contributed by atoms with Gasteiger partial charge in [-0.2, -0.15) is 0 Å². The van der Waals surface area contributed by atoms with Gasteiger partial charge in [0, 0.05) is 19.8 Å². The third-order valence-corrected chi connectivity index (χ3v) is 2.48. The van der Waals surface area contributed by atoms with Crippen LogP contribution >= 0.6 is 0 Å². The van der Waals surface area contributed by atoms with Gasteiger partial charge in [-0.3, -0.25) is 0 Å². The van der Waals surface area contributed by atoms with Crippen LogP contribution in [-0.4, -0.2) is 14.2 Å². The summed E-state index contributed by atoms with van der Waals surface area (Å²) in [5, 5.41) is 0. The molecule has 0 heterocycles. The van der Waals surface area contributed by atoms with E-state index >= 15 is 0 Å². The molecule has 1 aromatic carbocycles. The lowest BCUT2D eigenvalue weighted by Gasteiger charge is -2.20.